The predicted molar refractivity (Wildman–Crippen MR) is 37.3 cm³/mol. The van der Waals surface area contributed by atoms with Gasteiger partial charge in [0.15, 0.2) is 0 Å². The Morgan fingerprint density at radius 1 is 1.09 bits per heavy atom. The molecule has 0 bridgehead atoms. The van der Waals surface area contributed by atoms with Crippen LogP contribution < -0.4 is 0 Å². The summed E-state index contributed by atoms with van der Waals surface area (Å²) in [4.78, 5) is 14.2. The third-order valence-corrected chi connectivity index (χ3v) is 0.607. The number of hydrogen-bond acceptors (Lipinski definition) is 1. The Kier molecular flexibility index (Phi) is 12.1. The molecule has 0 heterocycles. The van der Waals surface area contributed by atoms with E-state index in [4.69, 9.17) is 14.4 Å². The molecule has 1 rings (SSSR count). The van der Waals surface area contributed by atoms with E-state index in [1.165, 1.54) is 0 Å². The normalized spacial score (nSPS) is 6.73. The quantitative estimate of drug-likeness (QED) is 0.394. The van der Waals surface area contributed by atoms with E-state index in [1.54, 1.807) is 0 Å². The molecule has 0 amide bonds. The van der Waals surface area contributed by atoms with Crippen LogP contribution in [0.15, 0.2) is 30.3 Å². The van der Waals surface area contributed by atoms with Gasteiger partial charge in [-0.3, -0.25) is 0 Å². The van der Waals surface area contributed by atoms with Crippen LogP contribution in [-0.2, 0) is 24.0 Å². The third kappa shape index (κ3) is 17.7. The Hall–Kier alpha value is -0.137. The van der Waals surface area contributed by atoms with Crippen LogP contribution in [0.5, 0.6) is 0 Å². The fraction of sp³-hybridized carbons (Fsp3) is 0. The van der Waals surface area contributed by atoms with Gasteiger partial charge in [0.1, 0.15) is 0 Å². The van der Waals surface area contributed by atoms with E-state index in [-0.39, 0.29) is 19.5 Å². The average Bonchev–Trinajstić information content (AvgIpc) is 1.90. The summed E-state index contributed by atoms with van der Waals surface area (Å²) in [7, 11) is -2.87. The maximum Gasteiger partial charge on any atom is 0.692 e. The second kappa shape index (κ2) is 9.86. The van der Waals surface area contributed by atoms with Gasteiger partial charge in [0.05, 0.1) is 0 Å². The molecule has 1 aromatic rings. The van der Waals surface area contributed by atoms with Crippen LogP contribution >= 0.6 is 8.25 Å². The van der Waals surface area contributed by atoms with Gasteiger partial charge in [0.2, 0.25) is 0 Å². The summed E-state index contributed by atoms with van der Waals surface area (Å²) in [5, 5.41) is 0. The zero-order valence-corrected chi connectivity index (χ0v) is 9.71. The Balaban J connectivity index is 0. The van der Waals surface area contributed by atoms with Crippen molar-refractivity contribution < 1.29 is 33.8 Å². The molecule has 0 spiro atoms. The molecule has 0 saturated carbocycles. The Bertz CT molecular complexity index is 150. The van der Waals surface area contributed by atoms with Crippen LogP contribution in [0.1, 0.15) is 0 Å². The standard InChI is InChI=1S/C6H5.HO3P.Zn/c1-2-4-6-5-3-1;1-4(2)3;/h1-5H;(H-,1,2,3);/q-1;;/p+1. The van der Waals surface area contributed by atoms with Crippen LogP contribution in [0.25, 0.3) is 0 Å². The molecular weight excluding hydrogens is 216 g/mol. The second-order valence-electron chi connectivity index (χ2n) is 1.33. The molecule has 0 aliphatic heterocycles. The summed E-state index contributed by atoms with van der Waals surface area (Å²) in [5.41, 5.74) is 0. The molecule has 1 aromatic carbocycles. The van der Waals surface area contributed by atoms with Crippen molar-refractivity contribution in [3.63, 3.8) is 0 Å². The first-order valence-electron chi connectivity index (χ1n) is 2.49. The molecule has 0 atom stereocenters. The molecule has 0 fully saturated rings. The fourth-order valence-corrected chi connectivity index (χ4v) is 0.342. The molecule has 56 valence electrons. The molecule has 3 nitrogen and oxygen atoms in total. The van der Waals surface area contributed by atoms with Crippen LogP contribution in [0.3, 0.4) is 0 Å². The molecule has 0 aromatic heterocycles. The Morgan fingerprint density at radius 3 is 1.55 bits per heavy atom. The summed E-state index contributed by atoms with van der Waals surface area (Å²) in [6.45, 7) is 0. The topological polar surface area (TPSA) is 57.5 Å². The average molecular weight is 223 g/mol. The van der Waals surface area contributed by atoms with Crippen molar-refractivity contribution in [2.24, 2.45) is 0 Å². The van der Waals surface area contributed by atoms with Gasteiger partial charge in [-0.2, -0.15) is 36.4 Å². The first-order valence-corrected chi connectivity index (χ1v) is 3.66. The van der Waals surface area contributed by atoms with Gasteiger partial charge >= 0.3 is 8.25 Å². The molecule has 11 heavy (non-hydrogen) atoms. The SMILES string of the molecule is O=[P+](O)O.[Zn].[c-]1ccccc1. The monoisotopic (exact) mass is 222 g/mol. The van der Waals surface area contributed by atoms with Crippen LogP contribution in [0.4, 0.5) is 0 Å². The van der Waals surface area contributed by atoms with Gasteiger partial charge in [-0.1, -0.05) is 0 Å². The zero-order chi connectivity index (χ0) is 7.82. The molecule has 2 N–H and O–H groups in total. The molecule has 5 heteroatoms. The van der Waals surface area contributed by atoms with Crippen molar-refractivity contribution in [1.82, 2.24) is 0 Å². The van der Waals surface area contributed by atoms with E-state index in [9.17, 15) is 0 Å². The van der Waals surface area contributed by atoms with Gasteiger partial charge in [0.25, 0.3) is 0 Å². The second-order valence-corrected chi connectivity index (χ2v) is 1.84. The van der Waals surface area contributed by atoms with Crippen molar-refractivity contribution in [3.05, 3.63) is 36.4 Å². The molecular formula is C6H7O3PZn. The first-order chi connectivity index (χ1) is 4.73. The maximum atomic E-state index is 8.70. The first kappa shape index (κ1) is 13.5. The minimum Gasteiger partial charge on any atom is -0.184 e. The molecule has 0 aliphatic rings. The van der Waals surface area contributed by atoms with E-state index in [0.717, 1.165) is 0 Å². The third-order valence-electron chi connectivity index (χ3n) is 0.607. The van der Waals surface area contributed by atoms with E-state index < -0.39 is 8.25 Å². The fourth-order valence-electron chi connectivity index (χ4n) is 0.342. The molecule has 0 radical (unpaired) electrons. The van der Waals surface area contributed by atoms with Crippen LogP contribution in [-0.4, -0.2) is 9.79 Å². The predicted octanol–water partition coefficient (Wildman–Crippen LogP) is 1.11. The Labute approximate surface area is 78.8 Å². The van der Waals surface area contributed by atoms with Crippen molar-refractivity contribution in [1.29, 1.82) is 0 Å². The number of rotatable bonds is 0. The summed E-state index contributed by atoms with van der Waals surface area (Å²) >= 11 is 0. The molecule has 0 saturated heterocycles. The van der Waals surface area contributed by atoms with Crippen LogP contribution in [0, 0.1) is 6.07 Å². The van der Waals surface area contributed by atoms with Crippen molar-refractivity contribution in [2.45, 2.75) is 0 Å². The van der Waals surface area contributed by atoms with E-state index >= 15 is 0 Å². The van der Waals surface area contributed by atoms with Crippen molar-refractivity contribution >= 4 is 8.25 Å². The van der Waals surface area contributed by atoms with E-state index in [2.05, 4.69) is 6.07 Å². The minimum atomic E-state index is -2.87. The van der Waals surface area contributed by atoms with Gasteiger partial charge in [-0.05, 0) is 0 Å². The smallest absolute Gasteiger partial charge is 0.184 e. The Morgan fingerprint density at radius 2 is 1.45 bits per heavy atom. The maximum absolute atomic E-state index is 8.70. The summed E-state index contributed by atoms with van der Waals surface area (Å²) in [5.74, 6) is 0. The zero-order valence-electron chi connectivity index (χ0n) is 5.84. The van der Waals surface area contributed by atoms with Gasteiger partial charge in [-0.25, -0.2) is 0 Å². The van der Waals surface area contributed by atoms with Gasteiger partial charge in [0, 0.05) is 24.0 Å². The van der Waals surface area contributed by atoms with E-state index in [0.29, 0.717) is 0 Å². The molecule has 0 aliphatic carbocycles. The van der Waals surface area contributed by atoms with Crippen LogP contribution in [0.2, 0.25) is 0 Å². The summed E-state index contributed by atoms with van der Waals surface area (Å²) in [6.07, 6.45) is 0. The van der Waals surface area contributed by atoms with E-state index in [1.807, 2.05) is 30.3 Å². The van der Waals surface area contributed by atoms with Gasteiger partial charge < -0.3 is 0 Å². The molecule has 0 unspecified atom stereocenters. The number of benzene rings is 1. The van der Waals surface area contributed by atoms with Gasteiger partial charge in [-0.15, -0.1) is 9.79 Å². The number of hydrogen-bond donors (Lipinski definition) is 2. The summed E-state index contributed by atoms with van der Waals surface area (Å²) < 4.78 is 8.70. The minimum absolute atomic E-state index is 0. The largest absolute Gasteiger partial charge is 0.692 e. The summed E-state index contributed by atoms with van der Waals surface area (Å²) in [6, 6.07) is 12.5. The van der Waals surface area contributed by atoms with Crippen molar-refractivity contribution in [2.75, 3.05) is 0 Å². The van der Waals surface area contributed by atoms with Crippen molar-refractivity contribution in [3.8, 4) is 0 Å².